The second kappa shape index (κ2) is 5.19. The number of rotatable bonds is 4. The summed E-state index contributed by atoms with van der Waals surface area (Å²) in [5, 5.41) is 8.83. The zero-order valence-electron chi connectivity index (χ0n) is 8.60. The molecule has 0 fully saturated rings. The summed E-state index contributed by atoms with van der Waals surface area (Å²) in [7, 11) is 3.07. The molecule has 1 rings (SSSR count). The number of nitrogens with zero attached hydrogens (tertiary/aromatic N) is 1. The summed E-state index contributed by atoms with van der Waals surface area (Å²) in [6, 6.07) is 6.92. The summed E-state index contributed by atoms with van der Waals surface area (Å²) in [6.45, 7) is 0. The third kappa shape index (κ3) is 3.72. The van der Waals surface area contributed by atoms with Gasteiger partial charge in [0.2, 0.25) is 9.05 Å². The van der Waals surface area contributed by atoms with Gasteiger partial charge < -0.3 is 4.74 Å². The molecular formula is C10H10ClNO3S. The summed E-state index contributed by atoms with van der Waals surface area (Å²) >= 11 is 0. The first-order chi connectivity index (χ1) is 7.46. The van der Waals surface area contributed by atoms with Crippen molar-refractivity contribution in [2.45, 2.75) is 6.42 Å². The number of halogens is 1. The maximum Gasteiger partial charge on any atom is 0.232 e. The molecule has 1 aromatic carbocycles. The SMILES string of the molecule is COc1ccc(CCS(=O)(=O)Cl)cc1C#N. The Bertz CT molecular complexity index is 519. The van der Waals surface area contributed by atoms with Crippen molar-refractivity contribution in [3.63, 3.8) is 0 Å². The lowest BCUT2D eigenvalue weighted by atomic mass is 10.1. The van der Waals surface area contributed by atoms with Crippen LogP contribution in [0, 0.1) is 11.3 Å². The molecule has 0 atom stereocenters. The number of hydrogen-bond donors (Lipinski definition) is 0. The highest BCUT2D eigenvalue weighted by molar-refractivity contribution is 8.13. The predicted octanol–water partition coefficient (Wildman–Crippen LogP) is 1.68. The topological polar surface area (TPSA) is 67.2 Å². The molecule has 86 valence electrons. The van der Waals surface area contributed by atoms with E-state index in [4.69, 9.17) is 20.7 Å². The van der Waals surface area contributed by atoms with Crippen molar-refractivity contribution in [1.29, 1.82) is 5.26 Å². The van der Waals surface area contributed by atoms with Crippen LogP contribution < -0.4 is 4.74 Å². The summed E-state index contributed by atoms with van der Waals surface area (Å²) in [5.74, 6) is 0.325. The number of methoxy groups -OCH3 is 1. The molecule has 6 heteroatoms. The minimum absolute atomic E-state index is 0.147. The fraction of sp³-hybridized carbons (Fsp3) is 0.300. The first-order valence-corrected chi connectivity index (χ1v) is 6.93. The van der Waals surface area contributed by atoms with Crippen molar-refractivity contribution in [2.24, 2.45) is 0 Å². The molecular weight excluding hydrogens is 250 g/mol. The molecule has 4 nitrogen and oxygen atoms in total. The van der Waals surface area contributed by atoms with E-state index in [9.17, 15) is 8.42 Å². The van der Waals surface area contributed by atoms with Gasteiger partial charge in [0.1, 0.15) is 11.8 Å². The van der Waals surface area contributed by atoms with Crippen LogP contribution in [0.25, 0.3) is 0 Å². The van der Waals surface area contributed by atoms with E-state index >= 15 is 0 Å². The van der Waals surface area contributed by atoms with Crippen molar-refractivity contribution in [3.05, 3.63) is 29.3 Å². The van der Waals surface area contributed by atoms with Gasteiger partial charge in [-0.25, -0.2) is 8.42 Å². The van der Waals surface area contributed by atoms with Gasteiger partial charge >= 0.3 is 0 Å². The van der Waals surface area contributed by atoms with E-state index in [1.807, 2.05) is 6.07 Å². The van der Waals surface area contributed by atoms with Crippen LogP contribution in [0.2, 0.25) is 0 Å². The van der Waals surface area contributed by atoms with Crippen LogP contribution in [-0.2, 0) is 15.5 Å². The van der Waals surface area contributed by atoms with E-state index in [-0.39, 0.29) is 12.2 Å². The van der Waals surface area contributed by atoms with E-state index in [1.165, 1.54) is 7.11 Å². The first kappa shape index (κ1) is 12.8. The second-order valence-electron chi connectivity index (χ2n) is 3.14. The van der Waals surface area contributed by atoms with E-state index in [0.717, 1.165) is 5.56 Å². The summed E-state index contributed by atoms with van der Waals surface area (Å²) < 4.78 is 26.5. The van der Waals surface area contributed by atoms with Crippen LogP contribution in [0.3, 0.4) is 0 Å². The molecule has 0 N–H and O–H groups in total. The van der Waals surface area contributed by atoms with Crippen molar-refractivity contribution in [2.75, 3.05) is 12.9 Å². The van der Waals surface area contributed by atoms with Gasteiger partial charge in [-0.15, -0.1) is 0 Å². The first-order valence-electron chi connectivity index (χ1n) is 4.45. The summed E-state index contributed by atoms with van der Waals surface area (Å²) in [4.78, 5) is 0. The third-order valence-electron chi connectivity index (χ3n) is 2.02. The number of ether oxygens (including phenoxy) is 1. The fourth-order valence-electron chi connectivity index (χ4n) is 1.24. The van der Waals surface area contributed by atoms with Crippen molar-refractivity contribution < 1.29 is 13.2 Å². The Morgan fingerprint density at radius 3 is 2.69 bits per heavy atom. The van der Waals surface area contributed by atoms with Crippen LogP contribution in [0.4, 0.5) is 0 Å². The fourth-order valence-corrected chi connectivity index (χ4v) is 1.95. The maximum atomic E-state index is 10.8. The van der Waals surface area contributed by atoms with Crippen LogP contribution in [0.15, 0.2) is 18.2 Å². The van der Waals surface area contributed by atoms with Crippen molar-refractivity contribution >= 4 is 19.7 Å². The Kier molecular flexibility index (Phi) is 4.16. The number of benzene rings is 1. The monoisotopic (exact) mass is 259 g/mol. The molecule has 0 aromatic heterocycles. The highest BCUT2D eigenvalue weighted by Crippen LogP contribution is 2.19. The predicted molar refractivity (Wildman–Crippen MR) is 61.1 cm³/mol. The van der Waals surface area contributed by atoms with Gasteiger partial charge in [-0.2, -0.15) is 5.26 Å². The van der Waals surface area contributed by atoms with Gasteiger partial charge in [0, 0.05) is 10.7 Å². The number of nitriles is 1. The minimum atomic E-state index is -3.50. The lowest BCUT2D eigenvalue weighted by molar-refractivity contribution is 0.413. The molecule has 1 aromatic rings. The Morgan fingerprint density at radius 1 is 1.50 bits per heavy atom. The Morgan fingerprint density at radius 2 is 2.19 bits per heavy atom. The quantitative estimate of drug-likeness (QED) is 0.772. The van der Waals surface area contributed by atoms with Crippen LogP contribution in [0.5, 0.6) is 5.75 Å². The highest BCUT2D eigenvalue weighted by Gasteiger charge is 2.08. The number of hydrogen-bond acceptors (Lipinski definition) is 4. The molecule has 0 heterocycles. The maximum absolute atomic E-state index is 10.8. The van der Waals surface area contributed by atoms with E-state index in [1.54, 1.807) is 18.2 Å². The van der Waals surface area contributed by atoms with Crippen LogP contribution in [-0.4, -0.2) is 21.3 Å². The van der Waals surface area contributed by atoms with Crippen molar-refractivity contribution in [3.8, 4) is 11.8 Å². The minimum Gasteiger partial charge on any atom is -0.495 e. The highest BCUT2D eigenvalue weighted by atomic mass is 35.7. The smallest absolute Gasteiger partial charge is 0.232 e. The Labute approximate surface area is 98.8 Å². The van der Waals surface area contributed by atoms with Gasteiger partial charge in [-0.1, -0.05) is 6.07 Å². The Hall–Kier alpha value is -1.25. The zero-order chi connectivity index (χ0) is 12.2. The molecule has 0 aliphatic rings. The van der Waals surface area contributed by atoms with Gasteiger partial charge in [-0.3, -0.25) is 0 Å². The van der Waals surface area contributed by atoms with E-state index in [2.05, 4.69) is 0 Å². The molecule has 0 unspecified atom stereocenters. The largest absolute Gasteiger partial charge is 0.495 e. The summed E-state index contributed by atoms with van der Waals surface area (Å²) in [5.41, 5.74) is 1.12. The van der Waals surface area contributed by atoms with E-state index < -0.39 is 9.05 Å². The lowest BCUT2D eigenvalue weighted by Crippen LogP contribution is -2.01. The third-order valence-corrected chi connectivity index (χ3v) is 3.17. The molecule has 0 saturated carbocycles. The molecule has 0 radical (unpaired) electrons. The molecule has 0 aliphatic heterocycles. The van der Waals surface area contributed by atoms with Gasteiger partial charge in [0.25, 0.3) is 0 Å². The second-order valence-corrected chi connectivity index (χ2v) is 6.04. The molecule has 0 saturated heterocycles. The average molecular weight is 260 g/mol. The average Bonchev–Trinajstić information content (AvgIpc) is 2.25. The standard InChI is InChI=1S/C10H10ClNO3S/c1-15-10-3-2-8(6-9(10)7-12)4-5-16(11,13)14/h2-3,6H,4-5H2,1H3. The lowest BCUT2D eigenvalue weighted by Gasteiger charge is -2.04. The van der Waals surface area contributed by atoms with Gasteiger partial charge in [-0.05, 0) is 24.1 Å². The van der Waals surface area contributed by atoms with Crippen molar-refractivity contribution in [1.82, 2.24) is 0 Å². The number of aryl methyl sites for hydroxylation is 1. The Balaban J connectivity index is 2.89. The van der Waals surface area contributed by atoms with E-state index in [0.29, 0.717) is 11.3 Å². The van der Waals surface area contributed by atoms with Crippen LogP contribution in [0.1, 0.15) is 11.1 Å². The van der Waals surface area contributed by atoms with Crippen LogP contribution >= 0.6 is 10.7 Å². The van der Waals surface area contributed by atoms with Gasteiger partial charge in [0.15, 0.2) is 0 Å². The molecule has 0 aliphatic carbocycles. The molecule has 0 spiro atoms. The molecule has 16 heavy (non-hydrogen) atoms. The zero-order valence-corrected chi connectivity index (χ0v) is 10.2. The molecule has 0 amide bonds. The molecule has 0 bridgehead atoms. The van der Waals surface area contributed by atoms with Gasteiger partial charge in [0.05, 0.1) is 18.4 Å². The normalized spacial score (nSPS) is 10.8. The summed E-state index contributed by atoms with van der Waals surface area (Å²) in [6.07, 6.45) is 0.282.